The molecule has 28 heavy (non-hydrogen) atoms. The highest BCUT2D eigenvalue weighted by Crippen LogP contribution is 2.38. The largest absolute Gasteiger partial charge is 0.278 e. The molecule has 2 heterocycles. The van der Waals surface area contributed by atoms with Crippen LogP contribution < -0.4 is 0 Å². The average molecular weight is 405 g/mol. The second-order valence-corrected chi connectivity index (χ2v) is 10.2. The van der Waals surface area contributed by atoms with E-state index in [-0.39, 0.29) is 30.2 Å². The number of hydrogen-bond donors (Lipinski definition) is 0. The number of benzene rings is 1. The van der Waals surface area contributed by atoms with Gasteiger partial charge in [0.2, 0.25) is 21.8 Å². The summed E-state index contributed by atoms with van der Waals surface area (Å²) in [4.78, 5) is 27.1. The van der Waals surface area contributed by atoms with Gasteiger partial charge in [0.05, 0.1) is 23.3 Å². The minimum atomic E-state index is -3.55. The molecule has 2 saturated heterocycles. The molecule has 3 fully saturated rings. The molecule has 1 aromatic carbocycles. The van der Waals surface area contributed by atoms with Crippen LogP contribution in [0.25, 0.3) is 0 Å². The molecule has 2 amide bonds. The van der Waals surface area contributed by atoms with Gasteiger partial charge in [-0.3, -0.25) is 14.5 Å². The number of fused-ring (bicyclic) bond motifs is 1. The van der Waals surface area contributed by atoms with Crippen LogP contribution in [0, 0.1) is 18.8 Å². The Bertz CT molecular complexity index is 866. The summed E-state index contributed by atoms with van der Waals surface area (Å²) in [5.41, 5.74) is 1.39. The normalized spacial score (nSPS) is 26.5. The maximum atomic E-state index is 13.1. The van der Waals surface area contributed by atoms with Crippen molar-refractivity contribution in [2.75, 3.05) is 13.1 Å². The maximum Gasteiger partial charge on any atom is 0.243 e. The number of hydrogen-bond acceptors (Lipinski definition) is 4. The van der Waals surface area contributed by atoms with Crippen molar-refractivity contribution in [1.29, 1.82) is 0 Å². The zero-order valence-corrected chi connectivity index (χ0v) is 17.2. The number of nitrogens with zero attached hydrogens (tertiary/aromatic N) is 2. The highest BCUT2D eigenvalue weighted by Gasteiger charge is 2.47. The zero-order chi connectivity index (χ0) is 19.9. The van der Waals surface area contributed by atoms with Gasteiger partial charge >= 0.3 is 0 Å². The van der Waals surface area contributed by atoms with E-state index in [2.05, 4.69) is 0 Å². The number of amides is 2. The van der Waals surface area contributed by atoms with Crippen LogP contribution in [-0.4, -0.2) is 42.5 Å². The monoisotopic (exact) mass is 404 g/mol. The van der Waals surface area contributed by atoms with E-state index in [0.717, 1.165) is 44.9 Å². The van der Waals surface area contributed by atoms with Gasteiger partial charge in [-0.15, -0.1) is 0 Å². The molecule has 1 aromatic rings. The van der Waals surface area contributed by atoms with Gasteiger partial charge < -0.3 is 0 Å². The van der Waals surface area contributed by atoms with Crippen molar-refractivity contribution < 1.29 is 18.0 Å². The number of likely N-dealkylation sites (tertiary alicyclic amines) is 1. The molecule has 0 unspecified atom stereocenters. The molecule has 0 radical (unpaired) electrons. The summed E-state index contributed by atoms with van der Waals surface area (Å²) in [6.45, 7) is 3.06. The van der Waals surface area contributed by atoms with Gasteiger partial charge in [-0.05, 0) is 49.8 Å². The maximum absolute atomic E-state index is 13.1. The molecular formula is C21H28N2O4S. The lowest BCUT2D eigenvalue weighted by atomic mass is 9.81. The molecule has 0 bridgehead atoms. The lowest BCUT2D eigenvalue weighted by molar-refractivity contribution is -0.140. The van der Waals surface area contributed by atoms with Crippen LogP contribution in [0.2, 0.25) is 0 Å². The van der Waals surface area contributed by atoms with E-state index in [1.807, 2.05) is 6.07 Å². The van der Waals surface area contributed by atoms with Crippen LogP contribution in [-0.2, 0) is 26.2 Å². The molecule has 0 N–H and O–H groups in total. The molecule has 1 saturated carbocycles. The lowest BCUT2D eigenvalue weighted by Crippen LogP contribution is -2.36. The van der Waals surface area contributed by atoms with Crippen molar-refractivity contribution in [3.8, 4) is 0 Å². The van der Waals surface area contributed by atoms with Gasteiger partial charge in [0.15, 0.2) is 0 Å². The van der Waals surface area contributed by atoms with Crippen LogP contribution in [0.3, 0.4) is 0 Å². The van der Waals surface area contributed by atoms with E-state index in [1.54, 1.807) is 23.4 Å². The Morgan fingerprint density at radius 3 is 2.14 bits per heavy atom. The van der Waals surface area contributed by atoms with Crippen molar-refractivity contribution in [2.45, 2.75) is 63.3 Å². The molecular weight excluding hydrogens is 376 g/mol. The summed E-state index contributed by atoms with van der Waals surface area (Å²) in [6.07, 6.45) is 6.40. The molecule has 6 nitrogen and oxygen atoms in total. The van der Waals surface area contributed by atoms with Crippen LogP contribution in [0.4, 0.5) is 0 Å². The summed E-state index contributed by atoms with van der Waals surface area (Å²) in [5.74, 6) is -0.530. The minimum absolute atomic E-state index is 0.0873. The van der Waals surface area contributed by atoms with E-state index >= 15 is 0 Å². The number of sulfonamides is 1. The Balaban J connectivity index is 1.59. The number of aryl methyl sites for hydroxylation is 1. The van der Waals surface area contributed by atoms with E-state index in [4.69, 9.17) is 0 Å². The molecule has 7 heteroatoms. The van der Waals surface area contributed by atoms with E-state index < -0.39 is 10.0 Å². The second kappa shape index (κ2) is 7.59. The quantitative estimate of drug-likeness (QED) is 0.723. The first kappa shape index (κ1) is 19.6. The number of carbonyl (C=O) groups excluding carboxylic acids is 2. The Hall–Kier alpha value is -1.73. The lowest BCUT2D eigenvalue weighted by Gasteiger charge is -2.27. The van der Waals surface area contributed by atoms with Crippen molar-refractivity contribution in [1.82, 2.24) is 9.21 Å². The third-order valence-corrected chi connectivity index (χ3v) is 8.50. The van der Waals surface area contributed by atoms with Crippen LogP contribution in [0.5, 0.6) is 0 Å². The van der Waals surface area contributed by atoms with Crippen molar-refractivity contribution >= 4 is 21.8 Å². The first-order valence-corrected chi connectivity index (χ1v) is 11.8. The Morgan fingerprint density at radius 2 is 1.54 bits per heavy atom. The molecule has 0 spiro atoms. The zero-order valence-electron chi connectivity index (χ0n) is 16.4. The van der Waals surface area contributed by atoms with Crippen molar-refractivity contribution in [2.24, 2.45) is 11.8 Å². The molecule has 152 valence electrons. The number of piperidine rings is 1. The molecule has 4 rings (SSSR count). The summed E-state index contributed by atoms with van der Waals surface area (Å²) < 4.78 is 27.8. The standard InChI is InChI=1S/C21H28N2O4S/c1-15-9-10-16(13-19(15)28(26,27)22-11-5-2-6-12-22)14-23-20(24)17-7-3-4-8-18(17)21(23)25/h9-10,13,17-18H,2-8,11-12,14H2,1H3/t17-,18-/m0/s1. The van der Waals surface area contributed by atoms with E-state index in [0.29, 0.717) is 29.1 Å². The van der Waals surface area contributed by atoms with Crippen LogP contribution >= 0.6 is 0 Å². The van der Waals surface area contributed by atoms with Gasteiger partial charge in [-0.1, -0.05) is 31.4 Å². The summed E-state index contributed by atoms with van der Waals surface area (Å²) >= 11 is 0. The van der Waals surface area contributed by atoms with E-state index in [9.17, 15) is 18.0 Å². The topological polar surface area (TPSA) is 74.8 Å². The third-order valence-electron chi connectivity index (χ3n) is 6.46. The summed E-state index contributed by atoms with van der Waals surface area (Å²) in [7, 11) is -3.55. The second-order valence-electron chi connectivity index (χ2n) is 8.32. The third kappa shape index (κ3) is 3.39. The minimum Gasteiger partial charge on any atom is -0.278 e. The Morgan fingerprint density at radius 1 is 0.929 bits per heavy atom. The van der Waals surface area contributed by atoms with Crippen molar-refractivity contribution in [3.63, 3.8) is 0 Å². The summed E-state index contributed by atoms with van der Waals surface area (Å²) in [6, 6.07) is 5.26. The van der Waals surface area contributed by atoms with Gasteiger partial charge in [0, 0.05) is 13.1 Å². The van der Waals surface area contributed by atoms with Crippen LogP contribution in [0.15, 0.2) is 23.1 Å². The first-order valence-electron chi connectivity index (χ1n) is 10.3. The predicted molar refractivity (Wildman–Crippen MR) is 105 cm³/mol. The van der Waals surface area contributed by atoms with E-state index in [1.165, 1.54) is 4.90 Å². The SMILES string of the molecule is Cc1ccc(CN2C(=O)[C@H]3CCCC[C@@H]3C2=O)cc1S(=O)(=O)N1CCCCC1. The summed E-state index contributed by atoms with van der Waals surface area (Å²) in [5, 5.41) is 0. The fraction of sp³-hybridized carbons (Fsp3) is 0.619. The molecule has 2 atom stereocenters. The van der Waals surface area contributed by atoms with Crippen molar-refractivity contribution in [3.05, 3.63) is 29.3 Å². The first-order chi connectivity index (χ1) is 13.4. The van der Waals surface area contributed by atoms with Crippen LogP contribution in [0.1, 0.15) is 56.1 Å². The van der Waals surface area contributed by atoms with Gasteiger partial charge in [0.1, 0.15) is 0 Å². The highest BCUT2D eigenvalue weighted by atomic mass is 32.2. The fourth-order valence-electron chi connectivity index (χ4n) is 4.83. The van der Waals surface area contributed by atoms with Gasteiger partial charge in [0.25, 0.3) is 0 Å². The van der Waals surface area contributed by atoms with Gasteiger partial charge in [-0.25, -0.2) is 8.42 Å². The number of rotatable bonds is 4. The fourth-order valence-corrected chi connectivity index (χ4v) is 6.63. The molecule has 0 aromatic heterocycles. The molecule has 1 aliphatic carbocycles. The van der Waals surface area contributed by atoms with Gasteiger partial charge in [-0.2, -0.15) is 4.31 Å². The molecule has 2 aliphatic heterocycles. The number of imide groups is 1. The Kier molecular flexibility index (Phi) is 5.31. The predicted octanol–water partition coefficient (Wildman–Crippen LogP) is 2.84. The Labute approximate surface area is 166 Å². The average Bonchev–Trinajstić information content (AvgIpc) is 2.95. The number of carbonyl (C=O) groups is 2. The smallest absolute Gasteiger partial charge is 0.243 e. The molecule has 3 aliphatic rings. The highest BCUT2D eigenvalue weighted by molar-refractivity contribution is 7.89.